The predicted molar refractivity (Wildman–Crippen MR) is 326 cm³/mol. The Kier molecular flexibility index (Phi) is 10.3. The number of hydrogen-bond donors (Lipinski definition) is 0. The molecule has 0 nitrogen and oxygen atoms in total. The molecule has 0 saturated heterocycles. The highest BCUT2D eigenvalue weighted by Crippen LogP contribution is 2.50. The van der Waals surface area contributed by atoms with Crippen molar-refractivity contribution in [2.24, 2.45) is 0 Å². The summed E-state index contributed by atoms with van der Waals surface area (Å²) in [6, 6.07) is 108. The van der Waals surface area contributed by atoms with Crippen molar-refractivity contribution in [3.63, 3.8) is 0 Å². The molecule has 0 spiro atoms. The van der Waals surface area contributed by atoms with Crippen molar-refractivity contribution in [2.45, 2.75) is 0 Å². The molecule has 0 heteroatoms. The Hall–Kier alpha value is -9.88. The Morgan fingerprint density at radius 1 is 0.132 bits per heavy atom. The molecule has 0 bridgehead atoms. The van der Waals surface area contributed by atoms with Gasteiger partial charge in [-0.3, -0.25) is 0 Å². The Morgan fingerprint density at radius 3 is 0.789 bits per heavy atom. The van der Waals surface area contributed by atoms with E-state index < -0.39 is 0 Å². The predicted octanol–water partition coefficient (Wildman–Crippen LogP) is 21.4. The van der Waals surface area contributed by atoms with E-state index in [0.29, 0.717) is 0 Å². The summed E-state index contributed by atoms with van der Waals surface area (Å²) >= 11 is 0. The van der Waals surface area contributed by atoms with Crippen LogP contribution in [-0.2, 0) is 0 Å². The molecular formula is C76H48. The van der Waals surface area contributed by atoms with Gasteiger partial charge in [-0.2, -0.15) is 0 Å². The van der Waals surface area contributed by atoms with Gasteiger partial charge < -0.3 is 0 Å². The second-order valence-corrected chi connectivity index (χ2v) is 20.2. The van der Waals surface area contributed by atoms with Gasteiger partial charge >= 0.3 is 0 Å². The first-order valence-electron chi connectivity index (χ1n) is 26.4. The van der Waals surface area contributed by atoms with Crippen LogP contribution in [0, 0.1) is 0 Å². The maximum atomic E-state index is 2.47. The summed E-state index contributed by atoms with van der Waals surface area (Å²) in [4.78, 5) is 0. The van der Waals surface area contributed by atoms with Gasteiger partial charge in [0.15, 0.2) is 0 Å². The largest absolute Gasteiger partial charge is 0.0622 e. The molecule has 0 aromatic heterocycles. The fourth-order valence-corrected chi connectivity index (χ4v) is 12.4. The zero-order valence-corrected chi connectivity index (χ0v) is 41.7. The van der Waals surface area contributed by atoms with Crippen LogP contribution in [0.2, 0.25) is 0 Å². The van der Waals surface area contributed by atoms with Crippen LogP contribution in [0.5, 0.6) is 0 Å². The van der Waals surface area contributed by atoms with Crippen LogP contribution in [0.25, 0.3) is 154 Å². The average molecular weight is 961 g/mol. The standard InChI is InChI=1S/C76H48/c1-2-15-49(16-3-1)65-26-10-11-27-66(65)74-48-73(58-41-35-55(36-42-58)64-30-14-22-52-19-6-9-25-61(52)64)69-44-43-67-71(56-37-31-53(32-38-56)62-28-12-20-50-17-4-7-23-59(50)62)47-72(68-45-46-70(74)76(69)75(67)68)57-39-33-54(34-40-57)63-29-13-21-51-18-5-8-24-60(51)63/h1-48H. The van der Waals surface area contributed by atoms with Crippen molar-refractivity contribution in [3.05, 3.63) is 291 Å². The Morgan fingerprint density at radius 2 is 0.395 bits per heavy atom. The van der Waals surface area contributed by atoms with Crippen LogP contribution in [0.15, 0.2) is 291 Å². The van der Waals surface area contributed by atoms with Crippen molar-refractivity contribution < 1.29 is 0 Å². The summed E-state index contributed by atoms with van der Waals surface area (Å²) in [5, 5.41) is 15.1. The first-order valence-corrected chi connectivity index (χ1v) is 26.4. The quantitative estimate of drug-likeness (QED) is 0.133. The minimum atomic E-state index is 1.19. The van der Waals surface area contributed by atoms with Crippen molar-refractivity contribution >= 4 is 64.6 Å². The van der Waals surface area contributed by atoms with Gasteiger partial charge in [0.25, 0.3) is 0 Å². The lowest BCUT2D eigenvalue weighted by molar-refractivity contribution is 1.59. The highest BCUT2D eigenvalue weighted by atomic mass is 14.3. The van der Waals surface area contributed by atoms with E-state index in [2.05, 4.69) is 291 Å². The third-order valence-electron chi connectivity index (χ3n) is 16.1. The average Bonchev–Trinajstić information content (AvgIpc) is 3.66. The number of hydrogen-bond acceptors (Lipinski definition) is 0. The third-order valence-corrected chi connectivity index (χ3v) is 16.1. The van der Waals surface area contributed by atoms with E-state index >= 15 is 0 Å². The van der Waals surface area contributed by atoms with Crippen molar-refractivity contribution in [1.82, 2.24) is 0 Å². The van der Waals surface area contributed by atoms with E-state index in [0.717, 1.165) is 0 Å². The first kappa shape index (κ1) is 43.7. The molecule has 0 radical (unpaired) electrons. The van der Waals surface area contributed by atoms with Gasteiger partial charge in [-0.15, -0.1) is 0 Å². The SMILES string of the molecule is c1ccc(-c2ccccc2-c2cc(-c3ccc(-c4cccc5ccccc45)cc3)c3ccc4c(-c5ccc(-c6cccc7ccccc67)cc5)cc(-c5ccc(-c6cccc7ccccc67)cc5)c5ccc2c3c45)cc1. The van der Waals surface area contributed by atoms with E-state index in [1.54, 1.807) is 0 Å². The Labute approximate surface area is 442 Å². The van der Waals surface area contributed by atoms with Crippen LogP contribution in [0.1, 0.15) is 0 Å². The molecule has 0 unspecified atom stereocenters. The number of benzene rings is 15. The number of rotatable bonds is 8. The molecule has 0 fully saturated rings. The second-order valence-electron chi connectivity index (χ2n) is 20.2. The van der Waals surface area contributed by atoms with Crippen molar-refractivity contribution in [2.75, 3.05) is 0 Å². The van der Waals surface area contributed by atoms with Crippen molar-refractivity contribution in [1.29, 1.82) is 0 Å². The topological polar surface area (TPSA) is 0 Å². The minimum Gasteiger partial charge on any atom is -0.0622 e. The lowest BCUT2D eigenvalue weighted by Gasteiger charge is -2.22. The fraction of sp³-hybridized carbons (Fsp3) is 0. The van der Waals surface area contributed by atoms with Gasteiger partial charge in [-0.1, -0.05) is 279 Å². The molecule has 0 aliphatic rings. The third kappa shape index (κ3) is 7.22. The minimum absolute atomic E-state index is 1.19. The van der Waals surface area contributed by atoms with E-state index in [1.165, 1.54) is 154 Å². The molecule has 15 aromatic rings. The maximum absolute atomic E-state index is 2.47. The molecule has 0 aliphatic heterocycles. The van der Waals surface area contributed by atoms with Gasteiger partial charge in [0, 0.05) is 0 Å². The smallest absolute Gasteiger partial charge is 0.00139 e. The van der Waals surface area contributed by atoms with E-state index in [4.69, 9.17) is 0 Å². The summed E-state index contributed by atoms with van der Waals surface area (Å²) in [5.74, 6) is 0. The van der Waals surface area contributed by atoms with Gasteiger partial charge in [-0.25, -0.2) is 0 Å². The summed E-state index contributed by atoms with van der Waals surface area (Å²) < 4.78 is 0. The number of fused-ring (bicyclic) bond motifs is 3. The molecule has 0 aliphatic carbocycles. The van der Waals surface area contributed by atoms with Crippen molar-refractivity contribution in [3.8, 4) is 89.0 Å². The summed E-state index contributed by atoms with van der Waals surface area (Å²) in [5.41, 5.74) is 19.4. The van der Waals surface area contributed by atoms with E-state index in [1.807, 2.05) is 0 Å². The molecule has 0 N–H and O–H groups in total. The normalized spacial score (nSPS) is 11.7. The zero-order chi connectivity index (χ0) is 50.1. The fourth-order valence-electron chi connectivity index (χ4n) is 12.4. The Balaban J connectivity index is 0.987. The molecule has 0 saturated carbocycles. The van der Waals surface area contributed by atoms with Crippen LogP contribution in [0.4, 0.5) is 0 Å². The lowest BCUT2D eigenvalue weighted by atomic mass is 9.81. The molecule has 15 aromatic carbocycles. The van der Waals surface area contributed by atoms with Crippen LogP contribution < -0.4 is 0 Å². The molecule has 76 heavy (non-hydrogen) atoms. The zero-order valence-electron chi connectivity index (χ0n) is 41.7. The van der Waals surface area contributed by atoms with Crippen LogP contribution >= 0.6 is 0 Å². The lowest BCUT2D eigenvalue weighted by Crippen LogP contribution is -1.95. The molecule has 0 amide bonds. The monoisotopic (exact) mass is 960 g/mol. The van der Waals surface area contributed by atoms with Gasteiger partial charge in [-0.05, 0) is 166 Å². The summed E-state index contributed by atoms with van der Waals surface area (Å²) in [6.45, 7) is 0. The summed E-state index contributed by atoms with van der Waals surface area (Å²) in [7, 11) is 0. The molecule has 15 rings (SSSR count). The molecule has 0 atom stereocenters. The second kappa shape index (κ2) is 18.0. The maximum Gasteiger partial charge on any atom is -0.00139 e. The molecule has 352 valence electrons. The van der Waals surface area contributed by atoms with Crippen LogP contribution in [0.3, 0.4) is 0 Å². The van der Waals surface area contributed by atoms with E-state index in [-0.39, 0.29) is 0 Å². The Bertz CT molecular complexity index is 4540. The summed E-state index contributed by atoms with van der Waals surface area (Å²) in [6.07, 6.45) is 0. The van der Waals surface area contributed by atoms with E-state index in [9.17, 15) is 0 Å². The van der Waals surface area contributed by atoms with Gasteiger partial charge in [0.05, 0.1) is 0 Å². The van der Waals surface area contributed by atoms with Gasteiger partial charge in [0.2, 0.25) is 0 Å². The highest BCUT2D eigenvalue weighted by molar-refractivity contribution is 6.32. The molecular weight excluding hydrogens is 913 g/mol. The van der Waals surface area contributed by atoms with Gasteiger partial charge in [0.1, 0.15) is 0 Å². The first-order chi connectivity index (χ1) is 37.7. The van der Waals surface area contributed by atoms with Crippen LogP contribution in [-0.4, -0.2) is 0 Å². The highest BCUT2D eigenvalue weighted by Gasteiger charge is 2.23. The molecule has 0 heterocycles.